The first kappa shape index (κ1) is 10.6. The number of nitrogens with one attached hydrogen (secondary N) is 2. The number of pyridine rings is 1. The van der Waals surface area contributed by atoms with Gasteiger partial charge in [0.25, 0.3) is 11.5 Å². The summed E-state index contributed by atoms with van der Waals surface area (Å²) in [5.74, 6) is 0.0661. The number of aromatic amines is 1. The Morgan fingerprint density at radius 2 is 2.17 bits per heavy atom. The van der Waals surface area contributed by atoms with Crippen LogP contribution in [-0.2, 0) is 6.42 Å². The minimum Gasteiger partial charge on any atom is -0.350 e. The van der Waals surface area contributed by atoms with Gasteiger partial charge in [-0.3, -0.25) is 14.6 Å². The SMILES string of the molecule is O=C1NCCc2c1nc(-c1cccnc1)[nH]c2=O. The maximum atomic E-state index is 11.9. The van der Waals surface area contributed by atoms with E-state index in [0.29, 0.717) is 29.9 Å². The van der Waals surface area contributed by atoms with Gasteiger partial charge in [-0.2, -0.15) is 0 Å². The lowest BCUT2D eigenvalue weighted by atomic mass is 10.1. The van der Waals surface area contributed by atoms with Crippen LogP contribution in [0.25, 0.3) is 11.4 Å². The van der Waals surface area contributed by atoms with E-state index in [0.717, 1.165) is 0 Å². The van der Waals surface area contributed by atoms with Crippen molar-refractivity contribution in [3.63, 3.8) is 0 Å². The van der Waals surface area contributed by atoms with Crippen LogP contribution in [0, 0.1) is 0 Å². The highest BCUT2D eigenvalue weighted by Gasteiger charge is 2.22. The van der Waals surface area contributed by atoms with Gasteiger partial charge in [-0.1, -0.05) is 0 Å². The van der Waals surface area contributed by atoms with Crippen LogP contribution < -0.4 is 10.9 Å². The number of carbonyl (C=O) groups excluding carboxylic acids is 1. The van der Waals surface area contributed by atoms with E-state index in [4.69, 9.17) is 0 Å². The number of carbonyl (C=O) groups is 1. The van der Waals surface area contributed by atoms with E-state index in [1.54, 1.807) is 24.5 Å². The average molecular weight is 242 g/mol. The largest absolute Gasteiger partial charge is 0.350 e. The molecule has 0 saturated carbocycles. The lowest BCUT2D eigenvalue weighted by Crippen LogP contribution is -2.37. The maximum absolute atomic E-state index is 11.9. The molecule has 0 fully saturated rings. The number of hydrogen-bond acceptors (Lipinski definition) is 4. The van der Waals surface area contributed by atoms with Crippen molar-refractivity contribution < 1.29 is 4.79 Å². The Bertz CT molecular complexity index is 664. The predicted molar refractivity (Wildman–Crippen MR) is 64.1 cm³/mol. The Hall–Kier alpha value is -2.50. The Morgan fingerprint density at radius 1 is 1.28 bits per heavy atom. The van der Waals surface area contributed by atoms with Gasteiger partial charge in [0.15, 0.2) is 0 Å². The molecule has 6 nitrogen and oxygen atoms in total. The van der Waals surface area contributed by atoms with Crippen LogP contribution in [0.4, 0.5) is 0 Å². The van der Waals surface area contributed by atoms with Crippen LogP contribution >= 0.6 is 0 Å². The summed E-state index contributed by atoms with van der Waals surface area (Å²) < 4.78 is 0. The topological polar surface area (TPSA) is 87.7 Å². The molecular weight excluding hydrogens is 232 g/mol. The highest BCUT2D eigenvalue weighted by molar-refractivity contribution is 5.95. The van der Waals surface area contributed by atoms with Crippen molar-refractivity contribution in [3.05, 3.63) is 46.1 Å². The second kappa shape index (κ2) is 4.06. The molecule has 90 valence electrons. The normalized spacial score (nSPS) is 13.9. The van der Waals surface area contributed by atoms with Gasteiger partial charge >= 0.3 is 0 Å². The maximum Gasteiger partial charge on any atom is 0.270 e. The molecule has 2 N–H and O–H groups in total. The number of H-pyrrole nitrogens is 1. The molecular formula is C12H10N4O2. The molecule has 0 aliphatic carbocycles. The molecule has 2 aromatic rings. The average Bonchev–Trinajstić information content (AvgIpc) is 2.41. The van der Waals surface area contributed by atoms with E-state index in [-0.39, 0.29) is 17.2 Å². The number of aromatic nitrogens is 3. The second-order valence-corrected chi connectivity index (χ2v) is 3.99. The first-order chi connectivity index (χ1) is 8.75. The van der Waals surface area contributed by atoms with Crippen LogP contribution in [0.2, 0.25) is 0 Å². The Labute approximate surface area is 102 Å². The minimum atomic E-state index is -0.299. The molecule has 3 heterocycles. The summed E-state index contributed by atoms with van der Waals surface area (Å²) in [5, 5.41) is 2.67. The van der Waals surface area contributed by atoms with E-state index in [1.807, 2.05) is 0 Å². The van der Waals surface area contributed by atoms with Gasteiger partial charge in [-0.25, -0.2) is 4.98 Å². The number of nitrogens with zero attached hydrogens (tertiary/aromatic N) is 2. The van der Waals surface area contributed by atoms with Crippen LogP contribution in [0.3, 0.4) is 0 Å². The molecule has 0 saturated heterocycles. The van der Waals surface area contributed by atoms with E-state index in [9.17, 15) is 9.59 Å². The summed E-state index contributed by atoms with van der Waals surface area (Å²) in [6.45, 7) is 0.475. The Kier molecular flexibility index (Phi) is 2.40. The van der Waals surface area contributed by atoms with Crippen LogP contribution in [0.5, 0.6) is 0 Å². The molecule has 2 aromatic heterocycles. The van der Waals surface area contributed by atoms with Crippen molar-refractivity contribution in [1.29, 1.82) is 0 Å². The summed E-state index contributed by atoms with van der Waals surface area (Å²) >= 11 is 0. The monoisotopic (exact) mass is 242 g/mol. The van der Waals surface area contributed by atoms with Crippen molar-refractivity contribution in [3.8, 4) is 11.4 Å². The molecule has 1 aliphatic heterocycles. The van der Waals surface area contributed by atoms with Gasteiger partial charge in [0.05, 0.1) is 5.56 Å². The third-order valence-corrected chi connectivity index (χ3v) is 2.83. The smallest absolute Gasteiger partial charge is 0.270 e. The molecule has 0 spiro atoms. The van der Waals surface area contributed by atoms with Crippen LogP contribution in [-0.4, -0.2) is 27.4 Å². The molecule has 1 amide bonds. The lowest BCUT2D eigenvalue weighted by molar-refractivity contribution is 0.0940. The number of hydrogen-bond donors (Lipinski definition) is 2. The van der Waals surface area contributed by atoms with Gasteiger partial charge in [0.2, 0.25) is 0 Å². The number of fused-ring (bicyclic) bond motifs is 1. The molecule has 6 heteroatoms. The summed E-state index contributed by atoms with van der Waals surface area (Å²) in [6, 6.07) is 3.52. The van der Waals surface area contributed by atoms with E-state index >= 15 is 0 Å². The summed E-state index contributed by atoms with van der Waals surface area (Å²) in [7, 11) is 0. The standard InChI is InChI=1S/C12H10N4O2/c17-11-8-3-5-14-12(18)9(8)15-10(16-11)7-2-1-4-13-6-7/h1-2,4,6H,3,5H2,(H,14,18)(H,15,16,17). The first-order valence-electron chi connectivity index (χ1n) is 5.57. The molecule has 0 aromatic carbocycles. The molecule has 0 atom stereocenters. The second-order valence-electron chi connectivity index (χ2n) is 3.99. The first-order valence-corrected chi connectivity index (χ1v) is 5.57. The highest BCUT2D eigenvalue weighted by atomic mass is 16.2. The number of amides is 1. The lowest BCUT2D eigenvalue weighted by Gasteiger charge is -2.15. The third-order valence-electron chi connectivity index (χ3n) is 2.83. The van der Waals surface area contributed by atoms with Crippen molar-refractivity contribution in [1.82, 2.24) is 20.3 Å². The zero-order chi connectivity index (χ0) is 12.5. The fourth-order valence-corrected chi connectivity index (χ4v) is 1.94. The fraction of sp³-hybridized carbons (Fsp3) is 0.167. The summed E-state index contributed by atoms with van der Waals surface area (Å²) in [6.07, 6.45) is 3.73. The summed E-state index contributed by atoms with van der Waals surface area (Å²) in [5.41, 5.74) is 1.08. The van der Waals surface area contributed by atoms with Gasteiger partial charge < -0.3 is 10.3 Å². The molecule has 18 heavy (non-hydrogen) atoms. The van der Waals surface area contributed by atoms with Gasteiger partial charge in [0.1, 0.15) is 11.5 Å². The molecule has 3 rings (SSSR count). The molecule has 0 unspecified atom stereocenters. The van der Waals surface area contributed by atoms with E-state index in [1.165, 1.54) is 0 Å². The Morgan fingerprint density at radius 3 is 2.94 bits per heavy atom. The van der Waals surface area contributed by atoms with E-state index in [2.05, 4.69) is 20.3 Å². The molecule has 0 radical (unpaired) electrons. The number of rotatable bonds is 1. The summed E-state index contributed by atoms with van der Waals surface area (Å²) in [4.78, 5) is 34.4. The zero-order valence-corrected chi connectivity index (χ0v) is 9.43. The predicted octanol–water partition coefficient (Wildman–Crippen LogP) is 0.118. The van der Waals surface area contributed by atoms with Gasteiger partial charge in [-0.05, 0) is 18.6 Å². The van der Waals surface area contributed by atoms with Gasteiger partial charge in [-0.15, -0.1) is 0 Å². The van der Waals surface area contributed by atoms with Gasteiger partial charge in [0, 0.05) is 24.5 Å². The quantitative estimate of drug-likeness (QED) is 0.743. The van der Waals surface area contributed by atoms with Crippen molar-refractivity contribution >= 4 is 5.91 Å². The van der Waals surface area contributed by atoms with Crippen molar-refractivity contribution in [2.75, 3.05) is 6.54 Å². The van der Waals surface area contributed by atoms with Crippen LogP contribution in [0.15, 0.2) is 29.3 Å². The Balaban J connectivity index is 2.20. The third kappa shape index (κ3) is 1.67. The van der Waals surface area contributed by atoms with E-state index < -0.39 is 0 Å². The van der Waals surface area contributed by atoms with Crippen LogP contribution in [0.1, 0.15) is 16.1 Å². The minimum absolute atomic E-state index is 0.212. The van der Waals surface area contributed by atoms with Crippen molar-refractivity contribution in [2.45, 2.75) is 6.42 Å². The van der Waals surface area contributed by atoms with Crippen molar-refractivity contribution in [2.24, 2.45) is 0 Å². The molecule has 1 aliphatic rings. The fourth-order valence-electron chi connectivity index (χ4n) is 1.94. The molecule has 0 bridgehead atoms. The highest BCUT2D eigenvalue weighted by Crippen LogP contribution is 2.14. The zero-order valence-electron chi connectivity index (χ0n) is 9.43.